The summed E-state index contributed by atoms with van der Waals surface area (Å²) in [6.45, 7) is 15.4. The molecule has 1 aromatic rings. The van der Waals surface area contributed by atoms with Crippen LogP contribution < -0.4 is 5.32 Å². The van der Waals surface area contributed by atoms with Crippen LogP contribution in [0, 0.1) is 11.8 Å². The zero-order chi connectivity index (χ0) is 15.4. The van der Waals surface area contributed by atoms with E-state index in [1.807, 2.05) is 0 Å². The van der Waals surface area contributed by atoms with Gasteiger partial charge < -0.3 is 5.32 Å². The number of hydrogen-bond donors (Lipinski definition) is 1. The van der Waals surface area contributed by atoms with Crippen molar-refractivity contribution in [2.75, 3.05) is 13.1 Å². The lowest BCUT2D eigenvalue weighted by molar-refractivity contribution is 0.0842. The fourth-order valence-corrected chi connectivity index (χ4v) is 3.11. The van der Waals surface area contributed by atoms with Gasteiger partial charge in [0.05, 0.1) is 6.54 Å². The third kappa shape index (κ3) is 4.27. The predicted octanol–water partition coefficient (Wildman–Crippen LogP) is 2.14. The lowest BCUT2D eigenvalue weighted by Crippen LogP contribution is -2.57. The first-order valence-corrected chi connectivity index (χ1v) is 8.35. The molecule has 3 unspecified atom stereocenters. The lowest BCUT2D eigenvalue weighted by Gasteiger charge is -2.42. The van der Waals surface area contributed by atoms with Gasteiger partial charge in [0.25, 0.3) is 0 Å². The number of aromatic nitrogens is 3. The second kappa shape index (κ2) is 7.36. The Morgan fingerprint density at radius 1 is 1.38 bits per heavy atom. The monoisotopic (exact) mass is 293 g/mol. The third-order valence-electron chi connectivity index (χ3n) is 4.53. The molecule has 1 saturated heterocycles. The van der Waals surface area contributed by atoms with Crippen molar-refractivity contribution in [2.45, 2.75) is 66.2 Å². The highest BCUT2D eigenvalue weighted by Gasteiger charge is 2.30. The summed E-state index contributed by atoms with van der Waals surface area (Å²) in [5.74, 6) is 2.40. The molecule has 0 aromatic carbocycles. The molecule has 1 aromatic heterocycles. The van der Waals surface area contributed by atoms with Crippen molar-refractivity contribution >= 4 is 0 Å². The molecule has 2 rings (SSSR count). The Labute approximate surface area is 129 Å². The normalized spacial score (nSPS) is 25.4. The summed E-state index contributed by atoms with van der Waals surface area (Å²) < 4.78 is 2.07. The largest absolute Gasteiger partial charge is 0.311 e. The van der Waals surface area contributed by atoms with Crippen molar-refractivity contribution < 1.29 is 0 Å². The van der Waals surface area contributed by atoms with Gasteiger partial charge in [-0.15, -0.1) is 0 Å². The summed E-state index contributed by atoms with van der Waals surface area (Å²) in [5.41, 5.74) is 0. The van der Waals surface area contributed by atoms with Crippen LogP contribution in [0.2, 0.25) is 0 Å². The van der Waals surface area contributed by atoms with E-state index in [0.717, 1.165) is 32.0 Å². The highest BCUT2D eigenvalue weighted by molar-refractivity contribution is 4.92. The second-order valence-corrected chi connectivity index (χ2v) is 6.94. The van der Waals surface area contributed by atoms with Crippen LogP contribution >= 0.6 is 0 Å². The van der Waals surface area contributed by atoms with Crippen LogP contribution in [0.15, 0.2) is 6.33 Å². The summed E-state index contributed by atoms with van der Waals surface area (Å²) in [4.78, 5) is 7.09. The van der Waals surface area contributed by atoms with Gasteiger partial charge in [0, 0.05) is 31.7 Å². The van der Waals surface area contributed by atoms with Crippen LogP contribution in [-0.4, -0.2) is 44.8 Å². The Morgan fingerprint density at radius 2 is 2.14 bits per heavy atom. The third-order valence-corrected chi connectivity index (χ3v) is 4.53. The molecule has 1 N–H and O–H groups in total. The van der Waals surface area contributed by atoms with E-state index in [1.54, 1.807) is 6.33 Å². The first-order chi connectivity index (χ1) is 10.0. The zero-order valence-electron chi connectivity index (χ0n) is 14.2. The second-order valence-electron chi connectivity index (χ2n) is 6.94. The Hall–Kier alpha value is -0.940. The molecule has 0 spiro atoms. The smallest absolute Gasteiger partial charge is 0.141 e. The van der Waals surface area contributed by atoms with Gasteiger partial charge in [0.15, 0.2) is 0 Å². The number of nitrogens with one attached hydrogen (secondary N) is 1. The maximum Gasteiger partial charge on any atom is 0.141 e. The molecule has 1 aliphatic heterocycles. The fraction of sp³-hybridized carbons (Fsp3) is 0.875. The van der Waals surface area contributed by atoms with Gasteiger partial charge in [-0.2, -0.15) is 5.10 Å². The zero-order valence-corrected chi connectivity index (χ0v) is 14.2. The number of hydrogen-bond acceptors (Lipinski definition) is 4. The van der Waals surface area contributed by atoms with Gasteiger partial charge in [0.2, 0.25) is 0 Å². The summed E-state index contributed by atoms with van der Waals surface area (Å²) in [7, 11) is 0. The highest BCUT2D eigenvalue weighted by Crippen LogP contribution is 2.20. The summed E-state index contributed by atoms with van der Waals surface area (Å²) in [6.07, 6.45) is 2.91. The first kappa shape index (κ1) is 16.4. The standard InChI is InChI=1S/C16H31N5/c1-6-13(4)15-7-17-14(5)9-20(15)10-16-18-11-19-21(16)8-12(2)3/h11-15,17H,6-10H2,1-5H3. The van der Waals surface area contributed by atoms with Gasteiger partial charge >= 0.3 is 0 Å². The molecule has 21 heavy (non-hydrogen) atoms. The summed E-state index contributed by atoms with van der Waals surface area (Å²) in [5, 5.41) is 8.01. The van der Waals surface area contributed by atoms with Gasteiger partial charge in [0.1, 0.15) is 12.2 Å². The van der Waals surface area contributed by atoms with Crippen molar-refractivity contribution in [1.82, 2.24) is 25.0 Å². The van der Waals surface area contributed by atoms with Gasteiger partial charge in [-0.3, -0.25) is 4.90 Å². The molecule has 120 valence electrons. The molecule has 0 bridgehead atoms. The van der Waals surface area contributed by atoms with E-state index in [9.17, 15) is 0 Å². The maximum absolute atomic E-state index is 4.50. The van der Waals surface area contributed by atoms with Crippen molar-refractivity contribution in [1.29, 1.82) is 0 Å². The summed E-state index contributed by atoms with van der Waals surface area (Å²) in [6, 6.07) is 1.14. The molecule has 1 fully saturated rings. The average molecular weight is 293 g/mol. The van der Waals surface area contributed by atoms with Gasteiger partial charge in [-0.1, -0.05) is 34.1 Å². The number of piperazine rings is 1. The quantitative estimate of drug-likeness (QED) is 0.873. The first-order valence-electron chi connectivity index (χ1n) is 8.35. The Balaban J connectivity index is 2.09. The topological polar surface area (TPSA) is 46.0 Å². The molecule has 0 saturated carbocycles. The van der Waals surface area contributed by atoms with Gasteiger partial charge in [-0.05, 0) is 18.8 Å². The average Bonchev–Trinajstić information content (AvgIpc) is 2.84. The Morgan fingerprint density at radius 3 is 2.81 bits per heavy atom. The molecule has 0 amide bonds. The van der Waals surface area contributed by atoms with Crippen LogP contribution in [0.1, 0.15) is 46.9 Å². The molecule has 0 radical (unpaired) electrons. The van der Waals surface area contributed by atoms with Crippen molar-refractivity contribution in [2.24, 2.45) is 11.8 Å². The van der Waals surface area contributed by atoms with Crippen LogP contribution in [0.5, 0.6) is 0 Å². The van der Waals surface area contributed by atoms with E-state index in [0.29, 0.717) is 23.9 Å². The van der Waals surface area contributed by atoms with Crippen LogP contribution in [-0.2, 0) is 13.1 Å². The van der Waals surface area contributed by atoms with Crippen LogP contribution in [0.4, 0.5) is 0 Å². The minimum Gasteiger partial charge on any atom is -0.311 e. The predicted molar refractivity (Wildman–Crippen MR) is 86.0 cm³/mol. The number of rotatable bonds is 6. The minimum absolute atomic E-state index is 0.548. The van der Waals surface area contributed by atoms with Crippen molar-refractivity contribution in [3.63, 3.8) is 0 Å². The molecule has 5 nitrogen and oxygen atoms in total. The Bertz CT molecular complexity index is 428. The molecular weight excluding hydrogens is 262 g/mol. The van der Waals surface area contributed by atoms with E-state index >= 15 is 0 Å². The molecule has 5 heteroatoms. The molecule has 2 heterocycles. The van der Waals surface area contributed by atoms with E-state index in [-0.39, 0.29) is 0 Å². The molecule has 0 aliphatic carbocycles. The van der Waals surface area contributed by atoms with Gasteiger partial charge in [-0.25, -0.2) is 9.67 Å². The summed E-state index contributed by atoms with van der Waals surface area (Å²) >= 11 is 0. The number of nitrogens with zero attached hydrogens (tertiary/aromatic N) is 4. The van der Waals surface area contributed by atoms with E-state index < -0.39 is 0 Å². The van der Waals surface area contributed by atoms with E-state index in [4.69, 9.17) is 0 Å². The minimum atomic E-state index is 0.548. The SMILES string of the molecule is CCC(C)C1CNC(C)CN1Cc1ncnn1CC(C)C. The van der Waals surface area contributed by atoms with Crippen LogP contribution in [0.3, 0.4) is 0 Å². The fourth-order valence-electron chi connectivity index (χ4n) is 3.11. The lowest BCUT2D eigenvalue weighted by atomic mass is 9.94. The maximum atomic E-state index is 4.50. The van der Waals surface area contributed by atoms with Crippen molar-refractivity contribution in [3.05, 3.63) is 12.2 Å². The highest BCUT2D eigenvalue weighted by atomic mass is 15.4. The molecule has 1 aliphatic rings. The molecular formula is C16H31N5. The van der Waals surface area contributed by atoms with E-state index in [2.05, 4.69) is 59.6 Å². The Kier molecular flexibility index (Phi) is 5.76. The van der Waals surface area contributed by atoms with Crippen molar-refractivity contribution in [3.8, 4) is 0 Å². The van der Waals surface area contributed by atoms with E-state index in [1.165, 1.54) is 6.42 Å². The van der Waals surface area contributed by atoms with Crippen LogP contribution in [0.25, 0.3) is 0 Å². The molecule has 3 atom stereocenters.